The van der Waals surface area contributed by atoms with Crippen LogP contribution in [0.2, 0.25) is 5.02 Å². The van der Waals surface area contributed by atoms with Gasteiger partial charge in [-0.3, -0.25) is 34.2 Å². The monoisotopic (exact) mass is 1070 g/mol. The summed E-state index contributed by atoms with van der Waals surface area (Å²) < 4.78 is 78.1. The summed E-state index contributed by atoms with van der Waals surface area (Å²) in [6.45, 7) is 5.56. The number of urea groups is 1. The van der Waals surface area contributed by atoms with Crippen molar-refractivity contribution in [1.29, 1.82) is 0 Å². The van der Waals surface area contributed by atoms with Gasteiger partial charge in [0.2, 0.25) is 17.7 Å². The molecule has 76 heavy (non-hydrogen) atoms. The highest BCUT2D eigenvalue weighted by atomic mass is 35.5. The van der Waals surface area contributed by atoms with Gasteiger partial charge in [0.15, 0.2) is 28.8 Å². The zero-order chi connectivity index (χ0) is 53.7. The second-order valence-electron chi connectivity index (χ2n) is 20.9. The Morgan fingerprint density at radius 2 is 1.66 bits per heavy atom. The van der Waals surface area contributed by atoms with Crippen LogP contribution in [-0.4, -0.2) is 138 Å². The van der Waals surface area contributed by atoms with Crippen LogP contribution in [0, 0.1) is 29.2 Å². The molecule has 16 nitrogen and oxygen atoms in total. The third kappa shape index (κ3) is 9.75. The number of nitrogens with zero attached hydrogens (tertiary/aromatic N) is 6. The van der Waals surface area contributed by atoms with Crippen molar-refractivity contribution in [3.8, 4) is 22.6 Å². The van der Waals surface area contributed by atoms with Gasteiger partial charge in [-0.1, -0.05) is 48.9 Å². The smallest absolute Gasteiger partial charge is 0.329 e. The molecular formula is C55H62ClF4N9O7. The van der Waals surface area contributed by atoms with Crippen molar-refractivity contribution >= 4 is 52.1 Å². The number of likely N-dealkylation sites (N-methyl/N-ethyl adjacent to an activating group) is 1. The van der Waals surface area contributed by atoms with Crippen molar-refractivity contribution < 1.29 is 51.3 Å². The van der Waals surface area contributed by atoms with Crippen LogP contribution in [0.3, 0.4) is 0 Å². The molecule has 4 fully saturated rings. The van der Waals surface area contributed by atoms with Gasteiger partial charge in [0.05, 0.1) is 28.6 Å². The lowest BCUT2D eigenvalue weighted by atomic mass is 9.77. The van der Waals surface area contributed by atoms with E-state index in [1.807, 2.05) is 49.2 Å². The van der Waals surface area contributed by atoms with Gasteiger partial charge in [0.1, 0.15) is 29.5 Å². The standard InChI is InChI=1S/C55H62ClF4N9O7/c1-30-43-41(26-38(58)47(56)46(43)45-35(51(61)72)10-12-40(48(45)59)75-24-23-70)76-55(30,33-7-5-4-6-8-33)29-62-34-9-11-39(65(2)28-34)53(73)68-20-13-31(14-21-68)27-67-18-15-32(16-19-67)44-37(57)25-36-50(49(44)60)66(3)64-52(36)69-22-17-42(71)63-54(69)74/h4-8,10,12,25-26,30-32,34,39,62,70H,9,11,13-24,27-29H2,1-3H3,(H2,61,72)(H,63,71,74)/t30-,34+,39+,55-/m0/s1. The fraction of sp³-hybridized carbons (Fsp3) is 0.473. The highest BCUT2D eigenvalue weighted by molar-refractivity contribution is 6.34. The number of hydrogen-bond donors (Lipinski definition) is 4. The van der Waals surface area contributed by atoms with E-state index in [0.717, 1.165) is 24.9 Å². The molecule has 4 saturated heterocycles. The SMILES string of the molecule is C[C@H]1c2c(cc(F)c(Cl)c2-c2c(C(N)=O)ccc(OCCO)c2F)O[C@]1(CN[C@@H]1CC[C@H](C(=O)N2CCC(CN3CCC(c4c(F)cc5c(N6CCC(=O)NC6=O)nn(C)c5c4F)CC3)CC2)N(C)C1)c1ccccc1. The number of aromatic nitrogens is 2. The van der Waals surface area contributed by atoms with Crippen LogP contribution in [0.1, 0.15) is 90.8 Å². The molecule has 0 aliphatic carbocycles. The summed E-state index contributed by atoms with van der Waals surface area (Å²) in [6, 6.07) is 13.3. The molecule has 404 valence electrons. The highest BCUT2D eigenvalue weighted by Crippen LogP contribution is 2.56. The molecule has 5 amide bonds. The van der Waals surface area contributed by atoms with E-state index in [4.69, 9.17) is 26.8 Å². The van der Waals surface area contributed by atoms with Crippen molar-refractivity contribution in [1.82, 2.24) is 35.1 Å². The van der Waals surface area contributed by atoms with Gasteiger partial charge in [0, 0.05) is 93.0 Å². The van der Waals surface area contributed by atoms with Crippen LogP contribution in [0.15, 0.2) is 54.6 Å². The molecule has 5 aromatic rings. The fourth-order valence-electron chi connectivity index (χ4n) is 12.4. The van der Waals surface area contributed by atoms with Crippen LogP contribution in [0.25, 0.3) is 22.0 Å². The second-order valence-corrected chi connectivity index (χ2v) is 21.3. The van der Waals surface area contributed by atoms with E-state index in [1.165, 1.54) is 33.8 Å². The Bertz CT molecular complexity index is 3080. The number of nitrogens with one attached hydrogen (secondary N) is 2. The zero-order valence-electron chi connectivity index (χ0n) is 42.7. The molecule has 10 rings (SSSR count). The number of anilines is 1. The van der Waals surface area contributed by atoms with E-state index >= 15 is 17.6 Å². The molecule has 5 aliphatic rings. The van der Waals surface area contributed by atoms with E-state index in [2.05, 4.69) is 25.5 Å². The van der Waals surface area contributed by atoms with E-state index in [1.54, 1.807) is 7.05 Å². The summed E-state index contributed by atoms with van der Waals surface area (Å²) in [5.41, 5.74) is 5.24. The third-order valence-corrected chi connectivity index (χ3v) is 16.8. The molecule has 4 atom stereocenters. The van der Waals surface area contributed by atoms with Gasteiger partial charge in [-0.15, -0.1) is 0 Å². The zero-order valence-corrected chi connectivity index (χ0v) is 43.4. The fourth-order valence-corrected chi connectivity index (χ4v) is 12.7. The van der Waals surface area contributed by atoms with Gasteiger partial charge in [-0.05, 0) is 94.3 Å². The predicted octanol–water partition coefficient (Wildman–Crippen LogP) is 6.93. The number of primary amides is 1. The summed E-state index contributed by atoms with van der Waals surface area (Å²) in [6.07, 6.45) is 4.18. The highest BCUT2D eigenvalue weighted by Gasteiger charge is 2.51. The topological polar surface area (TPSA) is 188 Å². The number of hydrogen-bond acceptors (Lipinski definition) is 11. The Morgan fingerprint density at radius 3 is 2.34 bits per heavy atom. The van der Waals surface area contributed by atoms with Gasteiger partial charge in [0.25, 0.3) is 0 Å². The summed E-state index contributed by atoms with van der Waals surface area (Å²) >= 11 is 6.73. The lowest BCUT2D eigenvalue weighted by Gasteiger charge is -2.42. The third-order valence-electron chi connectivity index (χ3n) is 16.4. The van der Waals surface area contributed by atoms with E-state index in [0.29, 0.717) is 69.9 Å². The number of likely N-dealkylation sites (tertiary alicyclic amines) is 3. The number of fused-ring (bicyclic) bond motifs is 2. The van der Waals surface area contributed by atoms with E-state index in [-0.39, 0.29) is 100 Å². The number of nitrogens with two attached hydrogens (primary N) is 1. The molecule has 0 bridgehead atoms. The van der Waals surface area contributed by atoms with Gasteiger partial charge < -0.3 is 35.4 Å². The summed E-state index contributed by atoms with van der Waals surface area (Å²) in [5, 5.41) is 19.4. The molecular weight excluding hydrogens is 1010 g/mol. The average Bonchev–Trinajstić information content (AvgIpc) is 3.91. The van der Waals surface area contributed by atoms with Crippen LogP contribution in [0.4, 0.5) is 28.2 Å². The number of benzene rings is 4. The largest absolute Gasteiger partial charge is 0.488 e. The quantitative estimate of drug-likeness (QED) is 0.0846. The van der Waals surface area contributed by atoms with Crippen molar-refractivity contribution in [3.63, 3.8) is 0 Å². The van der Waals surface area contributed by atoms with Crippen LogP contribution >= 0.6 is 11.6 Å². The molecule has 0 saturated carbocycles. The first-order valence-corrected chi connectivity index (χ1v) is 26.4. The first-order chi connectivity index (χ1) is 36.5. The Kier molecular flexibility index (Phi) is 15.1. The Morgan fingerprint density at radius 1 is 0.921 bits per heavy atom. The number of amides is 5. The van der Waals surface area contributed by atoms with Gasteiger partial charge in [-0.2, -0.15) is 5.10 Å². The van der Waals surface area contributed by atoms with E-state index in [9.17, 15) is 24.3 Å². The molecule has 0 radical (unpaired) electrons. The number of aryl methyl sites for hydroxylation is 1. The van der Waals surface area contributed by atoms with Crippen molar-refractivity contribution in [2.24, 2.45) is 18.7 Å². The lowest BCUT2D eigenvalue weighted by Crippen LogP contribution is -2.57. The normalized spacial score (nSPS) is 23.0. The Labute approximate surface area is 442 Å². The maximum absolute atomic E-state index is 16.5. The number of rotatable bonds is 14. The minimum Gasteiger partial charge on any atom is -0.488 e. The van der Waals surface area contributed by atoms with Crippen LogP contribution in [0.5, 0.6) is 11.5 Å². The Balaban J connectivity index is 0.751. The maximum Gasteiger partial charge on any atom is 0.329 e. The number of carbonyl (C=O) groups excluding carboxylic acids is 4. The molecule has 0 unspecified atom stereocenters. The first kappa shape index (κ1) is 53.1. The summed E-state index contributed by atoms with van der Waals surface area (Å²) in [5.74, 6) is -5.13. The number of piperidine rings is 3. The van der Waals surface area contributed by atoms with Crippen molar-refractivity contribution in [3.05, 3.63) is 105 Å². The number of halogens is 5. The minimum absolute atomic E-state index is 0.0329. The number of imide groups is 1. The average molecular weight is 1070 g/mol. The van der Waals surface area contributed by atoms with Crippen molar-refractivity contribution in [2.75, 3.05) is 77.5 Å². The predicted molar refractivity (Wildman–Crippen MR) is 276 cm³/mol. The van der Waals surface area contributed by atoms with Gasteiger partial charge >= 0.3 is 6.03 Å². The first-order valence-electron chi connectivity index (χ1n) is 26.0. The number of aliphatic hydroxyl groups excluding tert-OH is 1. The van der Waals surface area contributed by atoms with Crippen LogP contribution in [-0.2, 0) is 22.2 Å². The van der Waals surface area contributed by atoms with Gasteiger partial charge in [-0.25, -0.2) is 22.4 Å². The molecule has 6 heterocycles. The molecule has 5 N–H and O–H groups in total. The molecule has 4 aromatic carbocycles. The molecule has 21 heteroatoms. The Hall–Kier alpha value is -6.32. The van der Waals surface area contributed by atoms with Crippen LogP contribution < -0.4 is 30.7 Å². The number of carbonyl (C=O) groups is 4. The number of ether oxygens (including phenoxy) is 2. The lowest BCUT2D eigenvalue weighted by molar-refractivity contribution is -0.139. The summed E-state index contributed by atoms with van der Waals surface area (Å²) in [7, 11) is 3.51. The molecule has 0 spiro atoms. The molecule has 5 aliphatic heterocycles. The molecule has 1 aromatic heterocycles. The second kappa shape index (κ2) is 21.6. The van der Waals surface area contributed by atoms with E-state index < -0.39 is 64.3 Å². The minimum atomic E-state index is -1.16. The number of aliphatic hydroxyl groups is 1. The summed E-state index contributed by atoms with van der Waals surface area (Å²) in [4.78, 5) is 58.9. The maximum atomic E-state index is 16.5. The van der Waals surface area contributed by atoms with Crippen molar-refractivity contribution in [2.45, 2.75) is 81.4 Å².